The maximum Gasteiger partial charge on any atom is 0.182 e. The summed E-state index contributed by atoms with van der Waals surface area (Å²) in [6.07, 6.45) is 7.04. The van der Waals surface area contributed by atoms with E-state index in [1.54, 1.807) is 55.7 Å². The molecular weight excluding hydrogens is 372 g/mol. The van der Waals surface area contributed by atoms with Crippen LogP contribution >= 0.6 is 0 Å². The van der Waals surface area contributed by atoms with Gasteiger partial charge in [0.05, 0.1) is 27.4 Å². The molecule has 0 saturated heterocycles. The quantitative estimate of drug-likeness (QED) is 0.341. The van der Waals surface area contributed by atoms with Crippen LogP contribution in [0.5, 0.6) is 11.5 Å². The average molecular weight is 396 g/mol. The van der Waals surface area contributed by atoms with Crippen LogP contribution in [0.3, 0.4) is 0 Å². The van der Waals surface area contributed by atoms with Crippen molar-refractivity contribution in [3.8, 4) is 11.5 Å². The second kappa shape index (κ2) is 10.8. The van der Waals surface area contributed by atoms with Gasteiger partial charge in [-0.3, -0.25) is 4.79 Å². The van der Waals surface area contributed by atoms with Crippen LogP contribution in [0, 0.1) is 0 Å². The third-order valence-electron chi connectivity index (χ3n) is 4.16. The topological polar surface area (TPSA) is 96.2 Å². The lowest BCUT2D eigenvalue weighted by molar-refractivity contribution is -0.110. The van der Waals surface area contributed by atoms with Crippen molar-refractivity contribution in [2.75, 3.05) is 14.2 Å². The van der Waals surface area contributed by atoms with Gasteiger partial charge in [-0.15, -0.1) is 0 Å². The van der Waals surface area contributed by atoms with Crippen LogP contribution in [0.2, 0.25) is 0 Å². The van der Waals surface area contributed by atoms with Crippen LogP contribution in [-0.2, 0) is 18.0 Å². The summed E-state index contributed by atoms with van der Waals surface area (Å²) in [6.45, 7) is -0.356. The SMILES string of the molecule is COc1ccc(/C=C/C(=O)C=C(O)/C=C/c2ccc(CO)c(CO)c2)cc1OC. The number of hydrogen-bond donors (Lipinski definition) is 3. The number of ether oxygens (including phenoxy) is 2. The van der Waals surface area contributed by atoms with Gasteiger partial charge in [0.25, 0.3) is 0 Å². The van der Waals surface area contributed by atoms with E-state index in [2.05, 4.69) is 0 Å². The predicted octanol–water partition coefficient (Wildman–Crippen LogP) is 3.43. The van der Waals surface area contributed by atoms with Crippen molar-refractivity contribution < 1.29 is 29.6 Å². The van der Waals surface area contributed by atoms with Gasteiger partial charge in [-0.1, -0.05) is 30.4 Å². The second-order valence-corrected chi connectivity index (χ2v) is 6.10. The minimum Gasteiger partial charge on any atom is -0.508 e. The minimum atomic E-state index is -0.381. The second-order valence-electron chi connectivity index (χ2n) is 6.10. The Labute approximate surface area is 169 Å². The van der Waals surface area contributed by atoms with E-state index in [0.29, 0.717) is 22.6 Å². The van der Waals surface area contributed by atoms with Gasteiger partial charge in [0.1, 0.15) is 5.76 Å². The summed E-state index contributed by atoms with van der Waals surface area (Å²) in [5.41, 5.74) is 2.71. The standard InChI is InChI=1S/C23H24O6/c1-28-22-10-6-17(12-23(22)29-2)5-9-21(27)13-20(26)8-4-16-3-7-18(14-24)19(11-16)15-25/h3-13,24-26H,14-15H2,1-2H3/b8-4+,9-5+,20-13?. The molecule has 0 aromatic heterocycles. The predicted molar refractivity (Wildman–Crippen MR) is 112 cm³/mol. The Morgan fingerprint density at radius 1 is 0.862 bits per heavy atom. The molecule has 0 aliphatic rings. The lowest BCUT2D eigenvalue weighted by Gasteiger charge is -2.07. The third-order valence-corrected chi connectivity index (χ3v) is 4.16. The summed E-state index contributed by atoms with van der Waals surface area (Å²) < 4.78 is 10.4. The first kappa shape index (κ1) is 21.9. The molecule has 6 heteroatoms. The number of benzene rings is 2. The number of rotatable bonds is 9. The summed E-state index contributed by atoms with van der Waals surface area (Å²) in [6, 6.07) is 10.4. The van der Waals surface area contributed by atoms with Crippen LogP contribution in [-0.4, -0.2) is 35.3 Å². The maximum absolute atomic E-state index is 12.0. The van der Waals surface area contributed by atoms with E-state index in [1.165, 1.54) is 19.3 Å². The van der Waals surface area contributed by atoms with Crippen molar-refractivity contribution in [2.45, 2.75) is 13.2 Å². The maximum atomic E-state index is 12.0. The molecule has 152 valence electrons. The Morgan fingerprint density at radius 2 is 1.48 bits per heavy atom. The van der Waals surface area contributed by atoms with Crippen LogP contribution in [0.4, 0.5) is 0 Å². The van der Waals surface area contributed by atoms with Gasteiger partial charge >= 0.3 is 0 Å². The molecule has 2 rings (SSSR count). The lowest BCUT2D eigenvalue weighted by Crippen LogP contribution is -1.94. The molecular formula is C23H24O6. The molecule has 0 heterocycles. The Bertz CT molecular complexity index is 940. The molecule has 6 nitrogen and oxygen atoms in total. The van der Waals surface area contributed by atoms with Crippen molar-refractivity contribution >= 4 is 17.9 Å². The van der Waals surface area contributed by atoms with E-state index in [1.807, 2.05) is 0 Å². The van der Waals surface area contributed by atoms with E-state index in [9.17, 15) is 20.1 Å². The van der Waals surface area contributed by atoms with Gasteiger partial charge in [0.2, 0.25) is 0 Å². The zero-order valence-corrected chi connectivity index (χ0v) is 16.3. The number of aliphatic hydroxyl groups excluding tert-OH is 3. The molecule has 0 unspecified atom stereocenters. The summed E-state index contributed by atoms with van der Waals surface area (Å²) in [7, 11) is 3.08. The van der Waals surface area contributed by atoms with Crippen LogP contribution in [0.1, 0.15) is 22.3 Å². The van der Waals surface area contributed by atoms with E-state index in [-0.39, 0.29) is 24.8 Å². The fourth-order valence-corrected chi connectivity index (χ4v) is 2.61. The Morgan fingerprint density at radius 3 is 2.14 bits per heavy atom. The monoisotopic (exact) mass is 396 g/mol. The van der Waals surface area contributed by atoms with Crippen LogP contribution in [0.15, 0.2) is 60.4 Å². The fraction of sp³-hybridized carbons (Fsp3) is 0.174. The molecule has 29 heavy (non-hydrogen) atoms. The highest BCUT2D eigenvalue weighted by molar-refractivity contribution is 6.02. The Hall–Kier alpha value is -3.35. The molecule has 0 radical (unpaired) electrons. The zero-order valence-electron chi connectivity index (χ0n) is 16.3. The van der Waals surface area contributed by atoms with Gasteiger partial charge in [0, 0.05) is 6.08 Å². The number of allylic oxidation sites excluding steroid dienone is 3. The number of ketones is 1. The molecule has 0 spiro atoms. The molecule has 2 aromatic carbocycles. The highest BCUT2D eigenvalue weighted by Crippen LogP contribution is 2.28. The first-order chi connectivity index (χ1) is 14.0. The molecule has 0 aliphatic heterocycles. The highest BCUT2D eigenvalue weighted by atomic mass is 16.5. The lowest BCUT2D eigenvalue weighted by atomic mass is 10.0. The molecule has 0 aliphatic carbocycles. The van der Waals surface area contributed by atoms with Gasteiger partial charge in [-0.25, -0.2) is 0 Å². The Balaban J connectivity index is 2.06. The molecule has 0 bridgehead atoms. The summed E-state index contributed by atoms with van der Waals surface area (Å²) in [4.78, 5) is 12.0. The third kappa shape index (κ3) is 6.34. The summed E-state index contributed by atoms with van der Waals surface area (Å²) in [5, 5.41) is 28.5. The van der Waals surface area contributed by atoms with Gasteiger partial charge in [-0.2, -0.15) is 0 Å². The zero-order chi connectivity index (χ0) is 21.2. The Kier molecular flexibility index (Phi) is 8.21. The van der Waals surface area contributed by atoms with E-state index in [0.717, 1.165) is 17.2 Å². The molecule has 3 N–H and O–H groups in total. The number of hydrogen-bond acceptors (Lipinski definition) is 6. The molecule has 2 aromatic rings. The first-order valence-electron chi connectivity index (χ1n) is 8.87. The largest absolute Gasteiger partial charge is 0.508 e. The number of aliphatic hydroxyl groups is 3. The first-order valence-corrected chi connectivity index (χ1v) is 8.87. The van der Waals surface area contributed by atoms with Crippen molar-refractivity contribution in [1.82, 2.24) is 0 Å². The highest BCUT2D eigenvalue weighted by Gasteiger charge is 2.03. The smallest absolute Gasteiger partial charge is 0.182 e. The normalized spacial score (nSPS) is 11.9. The molecule has 0 atom stereocenters. The van der Waals surface area contributed by atoms with Gasteiger partial charge < -0.3 is 24.8 Å². The number of carbonyl (C=O) groups is 1. The molecule has 0 fully saturated rings. The minimum absolute atomic E-state index is 0.161. The van der Waals surface area contributed by atoms with Crippen molar-refractivity contribution in [3.63, 3.8) is 0 Å². The van der Waals surface area contributed by atoms with Gasteiger partial charge in [0.15, 0.2) is 17.3 Å². The van der Waals surface area contributed by atoms with E-state index in [4.69, 9.17) is 9.47 Å². The van der Waals surface area contributed by atoms with E-state index < -0.39 is 0 Å². The number of methoxy groups -OCH3 is 2. The molecule has 0 amide bonds. The fourth-order valence-electron chi connectivity index (χ4n) is 2.61. The van der Waals surface area contributed by atoms with Crippen molar-refractivity contribution in [2.24, 2.45) is 0 Å². The van der Waals surface area contributed by atoms with Crippen LogP contribution in [0.25, 0.3) is 12.2 Å². The summed E-state index contributed by atoms with van der Waals surface area (Å²) >= 11 is 0. The van der Waals surface area contributed by atoms with Crippen molar-refractivity contribution in [1.29, 1.82) is 0 Å². The number of carbonyl (C=O) groups excluding carboxylic acids is 1. The average Bonchev–Trinajstić information content (AvgIpc) is 2.75. The van der Waals surface area contributed by atoms with Crippen molar-refractivity contribution in [3.05, 3.63) is 82.6 Å². The molecule has 0 saturated carbocycles. The van der Waals surface area contributed by atoms with E-state index >= 15 is 0 Å². The summed E-state index contributed by atoms with van der Waals surface area (Å²) in [5.74, 6) is 0.560. The van der Waals surface area contributed by atoms with Gasteiger partial charge in [-0.05, 0) is 52.6 Å². The van der Waals surface area contributed by atoms with Crippen LogP contribution < -0.4 is 9.47 Å².